The topological polar surface area (TPSA) is 62.5 Å². The van der Waals surface area contributed by atoms with E-state index in [4.69, 9.17) is 5.73 Å². The van der Waals surface area contributed by atoms with E-state index >= 15 is 0 Å². The lowest BCUT2D eigenvalue weighted by Crippen LogP contribution is -2.49. The normalized spacial score (nSPS) is 17.3. The van der Waals surface area contributed by atoms with Crippen LogP contribution in [0, 0.1) is 11.8 Å². The van der Waals surface area contributed by atoms with Gasteiger partial charge in [0.1, 0.15) is 5.82 Å². The first-order chi connectivity index (χ1) is 11.0. The van der Waals surface area contributed by atoms with Crippen LogP contribution >= 0.6 is 0 Å². The minimum atomic E-state index is -0.386. The zero-order chi connectivity index (χ0) is 16.8. The molecular formula is C18H30N4O. The van der Waals surface area contributed by atoms with Crippen molar-refractivity contribution in [2.45, 2.75) is 39.7 Å². The van der Waals surface area contributed by atoms with Gasteiger partial charge in [0.15, 0.2) is 0 Å². The maximum atomic E-state index is 12.5. The van der Waals surface area contributed by atoms with Crippen molar-refractivity contribution in [3.05, 3.63) is 24.4 Å². The second-order valence-corrected chi connectivity index (χ2v) is 6.77. The molecule has 1 aromatic heterocycles. The SMILES string of the molecule is CCN(CC1CCN(c2ccccn2)CC1)C(=O)[C@@H](N)C(C)C. The van der Waals surface area contributed by atoms with Gasteiger partial charge in [-0.05, 0) is 43.7 Å². The number of rotatable bonds is 6. The molecule has 5 heteroatoms. The lowest BCUT2D eigenvalue weighted by Gasteiger charge is -2.36. The number of likely N-dealkylation sites (N-methyl/N-ethyl adjacent to an activating group) is 1. The Balaban J connectivity index is 1.86. The molecule has 0 spiro atoms. The summed E-state index contributed by atoms with van der Waals surface area (Å²) in [5, 5.41) is 0. The Morgan fingerprint density at radius 2 is 2.09 bits per heavy atom. The molecule has 5 nitrogen and oxygen atoms in total. The highest BCUT2D eigenvalue weighted by Gasteiger charge is 2.27. The number of aromatic nitrogens is 1. The second kappa shape index (κ2) is 8.29. The third-order valence-corrected chi connectivity index (χ3v) is 4.76. The average molecular weight is 318 g/mol. The minimum Gasteiger partial charge on any atom is -0.357 e. The smallest absolute Gasteiger partial charge is 0.239 e. The molecule has 0 aliphatic carbocycles. The fourth-order valence-electron chi connectivity index (χ4n) is 3.07. The Hall–Kier alpha value is -1.62. The summed E-state index contributed by atoms with van der Waals surface area (Å²) in [5.41, 5.74) is 6.03. The summed E-state index contributed by atoms with van der Waals surface area (Å²) in [6.45, 7) is 9.61. The number of pyridine rings is 1. The van der Waals surface area contributed by atoms with Crippen LogP contribution in [-0.4, -0.2) is 48.0 Å². The number of carbonyl (C=O) groups excluding carboxylic acids is 1. The molecular weight excluding hydrogens is 288 g/mol. The molecule has 1 aliphatic heterocycles. The predicted octanol–water partition coefficient (Wildman–Crippen LogP) is 2.13. The predicted molar refractivity (Wildman–Crippen MR) is 94.2 cm³/mol. The van der Waals surface area contributed by atoms with E-state index in [-0.39, 0.29) is 17.9 Å². The summed E-state index contributed by atoms with van der Waals surface area (Å²) < 4.78 is 0. The number of amides is 1. The third-order valence-electron chi connectivity index (χ3n) is 4.76. The summed E-state index contributed by atoms with van der Waals surface area (Å²) in [4.78, 5) is 21.1. The molecule has 128 valence electrons. The molecule has 2 N–H and O–H groups in total. The van der Waals surface area contributed by atoms with Crippen LogP contribution in [0.2, 0.25) is 0 Å². The Morgan fingerprint density at radius 3 is 2.61 bits per heavy atom. The first kappa shape index (κ1) is 17.7. The van der Waals surface area contributed by atoms with Crippen molar-refractivity contribution in [3.8, 4) is 0 Å². The average Bonchev–Trinajstić information content (AvgIpc) is 2.59. The van der Waals surface area contributed by atoms with Gasteiger partial charge >= 0.3 is 0 Å². The number of nitrogens with zero attached hydrogens (tertiary/aromatic N) is 3. The van der Waals surface area contributed by atoms with Gasteiger partial charge in [-0.1, -0.05) is 19.9 Å². The van der Waals surface area contributed by atoms with Gasteiger partial charge in [-0.2, -0.15) is 0 Å². The Morgan fingerprint density at radius 1 is 1.39 bits per heavy atom. The van der Waals surface area contributed by atoms with E-state index in [0.29, 0.717) is 5.92 Å². The molecule has 0 unspecified atom stereocenters. The fraction of sp³-hybridized carbons (Fsp3) is 0.667. The van der Waals surface area contributed by atoms with Gasteiger partial charge in [-0.3, -0.25) is 4.79 Å². The lowest BCUT2D eigenvalue weighted by atomic mass is 9.95. The van der Waals surface area contributed by atoms with Crippen LogP contribution in [0.15, 0.2) is 24.4 Å². The second-order valence-electron chi connectivity index (χ2n) is 6.77. The quantitative estimate of drug-likeness (QED) is 0.873. The number of anilines is 1. The van der Waals surface area contributed by atoms with Crippen molar-refractivity contribution in [1.29, 1.82) is 0 Å². The molecule has 0 aromatic carbocycles. The van der Waals surface area contributed by atoms with E-state index in [1.54, 1.807) is 0 Å². The van der Waals surface area contributed by atoms with Gasteiger partial charge in [-0.25, -0.2) is 4.98 Å². The van der Waals surface area contributed by atoms with Gasteiger partial charge in [0.2, 0.25) is 5.91 Å². The number of nitrogens with two attached hydrogens (primary N) is 1. The molecule has 0 saturated carbocycles. The van der Waals surface area contributed by atoms with Crippen molar-refractivity contribution in [2.75, 3.05) is 31.1 Å². The Kier molecular flexibility index (Phi) is 6.39. The molecule has 1 saturated heterocycles. The van der Waals surface area contributed by atoms with Gasteiger partial charge in [0.05, 0.1) is 6.04 Å². The largest absolute Gasteiger partial charge is 0.357 e. The highest BCUT2D eigenvalue weighted by molar-refractivity contribution is 5.81. The number of piperidine rings is 1. The first-order valence-electron chi connectivity index (χ1n) is 8.73. The molecule has 2 heterocycles. The van der Waals surface area contributed by atoms with Crippen molar-refractivity contribution < 1.29 is 4.79 Å². The Bertz CT molecular complexity index is 483. The number of hydrogen-bond donors (Lipinski definition) is 1. The van der Waals surface area contributed by atoms with E-state index in [2.05, 4.69) is 16.0 Å². The highest BCUT2D eigenvalue weighted by Crippen LogP contribution is 2.22. The molecule has 1 aromatic rings. The molecule has 0 radical (unpaired) electrons. The van der Waals surface area contributed by atoms with Crippen LogP contribution in [0.3, 0.4) is 0 Å². The van der Waals surface area contributed by atoms with Crippen LogP contribution in [-0.2, 0) is 4.79 Å². The van der Waals surface area contributed by atoms with E-state index in [1.807, 2.05) is 44.0 Å². The number of hydrogen-bond acceptors (Lipinski definition) is 4. The standard InChI is InChI=1S/C18H30N4O/c1-4-21(18(23)17(19)14(2)3)13-15-8-11-22(12-9-15)16-7-5-6-10-20-16/h5-7,10,14-15,17H,4,8-9,11-13,19H2,1-3H3/t17-/m0/s1. The van der Waals surface area contributed by atoms with E-state index in [9.17, 15) is 4.79 Å². The summed E-state index contributed by atoms with van der Waals surface area (Å²) in [6, 6.07) is 5.64. The zero-order valence-corrected chi connectivity index (χ0v) is 14.6. The van der Waals surface area contributed by atoms with Crippen molar-refractivity contribution >= 4 is 11.7 Å². The van der Waals surface area contributed by atoms with Gasteiger partial charge in [0, 0.05) is 32.4 Å². The van der Waals surface area contributed by atoms with Crippen molar-refractivity contribution in [2.24, 2.45) is 17.6 Å². The first-order valence-corrected chi connectivity index (χ1v) is 8.73. The third kappa shape index (κ3) is 4.67. The summed E-state index contributed by atoms with van der Waals surface area (Å²) >= 11 is 0. The van der Waals surface area contributed by atoms with Crippen LogP contribution in [0.4, 0.5) is 5.82 Å². The maximum absolute atomic E-state index is 12.5. The minimum absolute atomic E-state index is 0.0923. The molecule has 1 atom stereocenters. The zero-order valence-electron chi connectivity index (χ0n) is 14.6. The van der Waals surface area contributed by atoms with E-state index in [1.165, 1.54) is 0 Å². The molecule has 0 bridgehead atoms. The van der Waals surface area contributed by atoms with Gasteiger partial charge < -0.3 is 15.5 Å². The molecule has 1 amide bonds. The lowest BCUT2D eigenvalue weighted by molar-refractivity contribution is -0.134. The number of carbonyl (C=O) groups is 1. The van der Waals surface area contributed by atoms with E-state index < -0.39 is 0 Å². The van der Waals surface area contributed by atoms with Crippen LogP contribution in [0.5, 0.6) is 0 Å². The van der Waals surface area contributed by atoms with Crippen molar-refractivity contribution in [1.82, 2.24) is 9.88 Å². The fourth-order valence-corrected chi connectivity index (χ4v) is 3.07. The van der Waals surface area contributed by atoms with E-state index in [0.717, 1.165) is 44.8 Å². The summed E-state index contributed by atoms with van der Waals surface area (Å²) in [6.07, 6.45) is 4.03. The molecule has 1 fully saturated rings. The van der Waals surface area contributed by atoms with Crippen LogP contribution in [0.1, 0.15) is 33.6 Å². The summed E-state index contributed by atoms with van der Waals surface area (Å²) in [7, 11) is 0. The monoisotopic (exact) mass is 318 g/mol. The van der Waals surface area contributed by atoms with Gasteiger partial charge in [-0.15, -0.1) is 0 Å². The van der Waals surface area contributed by atoms with Crippen LogP contribution < -0.4 is 10.6 Å². The van der Waals surface area contributed by atoms with Crippen molar-refractivity contribution in [3.63, 3.8) is 0 Å². The highest BCUT2D eigenvalue weighted by atomic mass is 16.2. The Labute approximate surface area is 139 Å². The van der Waals surface area contributed by atoms with Gasteiger partial charge in [0.25, 0.3) is 0 Å². The molecule has 2 rings (SSSR count). The summed E-state index contributed by atoms with van der Waals surface area (Å²) in [5.74, 6) is 1.88. The molecule has 1 aliphatic rings. The molecule has 23 heavy (non-hydrogen) atoms. The maximum Gasteiger partial charge on any atom is 0.239 e. The van der Waals surface area contributed by atoms with Crippen LogP contribution in [0.25, 0.3) is 0 Å².